The Bertz CT molecular complexity index is 459. The average Bonchev–Trinajstić information content (AvgIpc) is 2.91. The Morgan fingerprint density at radius 3 is 2.79 bits per heavy atom. The van der Waals surface area contributed by atoms with Gasteiger partial charge in [-0.3, -0.25) is 0 Å². The van der Waals surface area contributed by atoms with E-state index in [9.17, 15) is 0 Å². The molecule has 0 saturated heterocycles. The van der Waals surface area contributed by atoms with E-state index in [1.54, 1.807) is 0 Å². The topological polar surface area (TPSA) is 32.3 Å². The van der Waals surface area contributed by atoms with Gasteiger partial charge < -0.3 is 9.80 Å². The van der Waals surface area contributed by atoms with Gasteiger partial charge in [-0.15, -0.1) is 0 Å². The number of fused-ring (bicyclic) bond motifs is 1. The molecule has 2 aliphatic rings. The quantitative estimate of drug-likeness (QED) is 0.779. The Morgan fingerprint density at radius 1 is 1.37 bits per heavy atom. The van der Waals surface area contributed by atoms with Crippen LogP contribution in [0.1, 0.15) is 39.0 Å². The fourth-order valence-corrected chi connectivity index (χ4v) is 3.59. The van der Waals surface area contributed by atoms with Crippen LogP contribution in [0.3, 0.4) is 0 Å². The van der Waals surface area contributed by atoms with Gasteiger partial charge in [-0.25, -0.2) is 4.98 Å². The number of hydrogen-bond donors (Lipinski definition) is 0. The maximum Gasteiger partial charge on any atom is 0.224 e. The number of likely N-dealkylation sites (N-methyl/N-ethyl adjacent to an activating group) is 1. The van der Waals surface area contributed by atoms with Gasteiger partial charge >= 0.3 is 0 Å². The third-order valence-electron chi connectivity index (χ3n) is 4.44. The molecule has 1 aliphatic carbocycles. The van der Waals surface area contributed by atoms with Crippen molar-refractivity contribution in [2.75, 3.05) is 23.4 Å². The molecule has 1 aromatic rings. The van der Waals surface area contributed by atoms with Crippen molar-refractivity contribution in [2.24, 2.45) is 0 Å². The molecule has 1 aromatic heterocycles. The zero-order valence-electron chi connectivity index (χ0n) is 11.6. The number of anilines is 2. The monoisotopic (exact) mass is 280 g/mol. The molecule has 1 atom stereocenters. The van der Waals surface area contributed by atoms with E-state index in [2.05, 4.69) is 33.7 Å². The minimum Gasteiger partial charge on any atom is -0.368 e. The van der Waals surface area contributed by atoms with Crippen molar-refractivity contribution in [3.8, 4) is 0 Å². The summed E-state index contributed by atoms with van der Waals surface area (Å²) in [6.45, 7) is 3.30. The van der Waals surface area contributed by atoms with Gasteiger partial charge in [0.05, 0.1) is 11.9 Å². The molecule has 19 heavy (non-hydrogen) atoms. The van der Waals surface area contributed by atoms with Crippen LogP contribution in [-0.2, 0) is 0 Å². The molecule has 104 valence electrons. The van der Waals surface area contributed by atoms with Gasteiger partial charge in [0, 0.05) is 25.7 Å². The van der Waals surface area contributed by atoms with E-state index < -0.39 is 0 Å². The molecule has 0 aromatic carbocycles. The highest BCUT2D eigenvalue weighted by Crippen LogP contribution is 2.38. The molecule has 0 radical (unpaired) electrons. The standard InChI is InChI=1S/C14H21ClN4/c1-3-10-9-18(2)12-8-16-14(15)17-13(12)19(10)11-6-4-5-7-11/h8,10-11H,3-7,9H2,1-2H3. The highest BCUT2D eigenvalue weighted by molar-refractivity contribution is 6.28. The molecule has 5 heteroatoms. The van der Waals surface area contributed by atoms with Gasteiger partial charge in [0.25, 0.3) is 0 Å². The number of hydrogen-bond acceptors (Lipinski definition) is 4. The van der Waals surface area contributed by atoms with E-state index in [-0.39, 0.29) is 0 Å². The summed E-state index contributed by atoms with van der Waals surface area (Å²) in [6, 6.07) is 1.16. The highest BCUT2D eigenvalue weighted by atomic mass is 35.5. The maximum atomic E-state index is 6.02. The summed E-state index contributed by atoms with van der Waals surface area (Å²) in [5.41, 5.74) is 1.11. The third-order valence-corrected chi connectivity index (χ3v) is 4.63. The lowest BCUT2D eigenvalue weighted by Gasteiger charge is -2.45. The molecule has 0 spiro atoms. The number of rotatable bonds is 2. The second-order valence-electron chi connectivity index (χ2n) is 5.64. The van der Waals surface area contributed by atoms with Crippen LogP contribution in [0.5, 0.6) is 0 Å². The van der Waals surface area contributed by atoms with Crippen LogP contribution >= 0.6 is 11.6 Å². The van der Waals surface area contributed by atoms with Crippen LogP contribution in [0, 0.1) is 0 Å². The van der Waals surface area contributed by atoms with Gasteiger partial charge in [-0.2, -0.15) is 4.98 Å². The molecule has 2 heterocycles. The van der Waals surface area contributed by atoms with E-state index >= 15 is 0 Å². The Hall–Kier alpha value is -1.03. The lowest BCUT2D eigenvalue weighted by molar-refractivity contribution is 0.476. The van der Waals surface area contributed by atoms with Crippen molar-refractivity contribution in [1.82, 2.24) is 9.97 Å². The van der Waals surface area contributed by atoms with Crippen LogP contribution in [0.4, 0.5) is 11.5 Å². The van der Waals surface area contributed by atoms with E-state index in [0.29, 0.717) is 17.4 Å². The smallest absolute Gasteiger partial charge is 0.224 e. The fourth-order valence-electron chi connectivity index (χ4n) is 3.46. The van der Waals surface area contributed by atoms with Gasteiger partial charge in [0.2, 0.25) is 5.28 Å². The first kappa shape index (κ1) is 13.0. The van der Waals surface area contributed by atoms with Crippen LogP contribution in [-0.4, -0.2) is 35.6 Å². The van der Waals surface area contributed by atoms with E-state index in [1.165, 1.54) is 25.7 Å². The van der Waals surface area contributed by atoms with Crippen molar-refractivity contribution in [3.05, 3.63) is 11.5 Å². The van der Waals surface area contributed by atoms with Crippen LogP contribution in [0.25, 0.3) is 0 Å². The molecular weight excluding hydrogens is 260 g/mol. The molecule has 0 N–H and O–H groups in total. The van der Waals surface area contributed by atoms with Crippen molar-refractivity contribution >= 4 is 23.1 Å². The molecule has 1 fully saturated rings. The van der Waals surface area contributed by atoms with Crippen LogP contribution < -0.4 is 9.80 Å². The summed E-state index contributed by atoms with van der Waals surface area (Å²) in [4.78, 5) is 13.4. The SMILES string of the molecule is CCC1CN(C)c2cnc(Cl)nc2N1C1CCCC1. The van der Waals surface area contributed by atoms with Gasteiger partial charge in [0.1, 0.15) is 0 Å². The summed E-state index contributed by atoms with van der Waals surface area (Å²) < 4.78 is 0. The summed E-state index contributed by atoms with van der Waals surface area (Å²) >= 11 is 6.02. The first-order valence-corrected chi connectivity index (χ1v) is 7.60. The molecule has 1 aliphatic heterocycles. The van der Waals surface area contributed by atoms with E-state index in [1.807, 2.05) is 6.20 Å². The molecule has 3 rings (SSSR count). The van der Waals surface area contributed by atoms with Crippen LogP contribution in [0.15, 0.2) is 6.20 Å². The zero-order chi connectivity index (χ0) is 13.4. The number of nitrogens with zero attached hydrogens (tertiary/aromatic N) is 4. The van der Waals surface area contributed by atoms with Crippen molar-refractivity contribution in [3.63, 3.8) is 0 Å². The Balaban J connectivity index is 2.03. The number of aromatic nitrogens is 2. The van der Waals surface area contributed by atoms with Gasteiger partial charge in [-0.1, -0.05) is 19.8 Å². The fraction of sp³-hybridized carbons (Fsp3) is 0.714. The van der Waals surface area contributed by atoms with Crippen molar-refractivity contribution in [2.45, 2.75) is 51.1 Å². The zero-order valence-corrected chi connectivity index (χ0v) is 12.4. The first-order chi connectivity index (χ1) is 9.20. The van der Waals surface area contributed by atoms with E-state index in [0.717, 1.165) is 24.5 Å². The maximum absolute atomic E-state index is 6.02. The third kappa shape index (κ3) is 2.27. The number of halogens is 1. The lowest BCUT2D eigenvalue weighted by atomic mass is 10.0. The minimum absolute atomic E-state index is 0.354. The van der Waals surface area contributed by atoms with Crippen LogP contribution in [0.2, 0.25) is 5.28 Å². The van der Waals surface area contributed by atoms with E-state index in [4.69, 9.17) is 11.6 Å². The Morgan fingerprint density at radius 2 is 2.11 bits per heavy atom. The predicted octanol–water partition coefficient (Wildman–Crippen LogP) is 3.11. The summed E-state index contributed by atoms with van der Waals surface area (Å²) in [6.07, 6.45) is 8.23. The Labute approximate surface area is 119 Å². The second-order valence-corrected chi connectivity index (χ2v) is 5.97. The average molecular weight is 281 g/mol. The second kappa shape index (κ2) is 5.16. The molecular formula is C14H21ClN4. The lowest BCUT2D eigenvalue weighted by Crippen LogP contribution is -2.52. The summed E-state index contributed by atoms with van der Waals surface area (Å²) in [7, 11) is 2.12. The molecule has 0 bridgehead atoms. The van der Waals surface area contributed by atoms with Crippen molar-refractivity contribution < 1.29 is 0 Å². The van der Waals surface area contributed by atoms with Gasteiger partial charge in [0.15, 0.2) is 5.82 Å². The minimum atomic E-state index is 0.354. The normalized spacial score (nSPS) is 23.8. The Kier molecular flexibility index (Phi) is 3.52. The summed E-state index contributed by atoms with van der Waals surface area (Å²) in [5.74, 6) is 1.03. The van der Waals surface area contributed by atoms with Gasteiger partial charge in [-0.05, 0) is 30.9 Å². The first-order valence-electron chi connectivity index (χ1n) is 7.22. The molecule has 1 unspecified atom stereocenters. The molecule has 0 amide bonds. The summed E-state index contributed by atoms with van der Waals surface area (Å²) in [5, 5.41) is 0.354. The van der Waals surface area contributed by atoms with Crippen molar-refractivity contribution in [1.29, 1.82) is 0 Å². The predicted molar refractivity (Wildman–Crippen MR) is 79.1 cm³/mol. The molecule has 4 nitrogen and oxygen atoms in total. The molecule has 1 saturated carbocycles. The highest BCUT2D eigenvalue weighted by Gasteiger charge is 2.35. The largest absolute Gasteiger partial charge is 0.368 e.